The predicted octanol–water partition coefficient (Wildman–Crippen LogP) is 4.25. The van der Waals surface area contributed by atoms with Crippen LogP contribution in [0.5, 0.6) is 5.75 Å². The maximum absolute atomic E-state index is 13.3. The van der Waals surface area contributed by atoms with Gasteiger partial charge in [0.05, 0.1) is 12.5 Å². The fraction of sp³-hybridized carbons (Fsp3) is 0.333. The number of halogens is 2. The molecule has 0 aliphatic carbocycles. The van der Waals surface area contributed by atoms with Gasteiger partial charge in [-0.05, 0) is 62.4 Å². The average Bonchev–Trinajstić information content (AvgIpc) is 2.72. The van der Waals surface area contributed by atoms with Gasteiger partial charge < -0.3 is 15.4 Å². The van der Waals surface area contributed by atoms with Crippen LogP contribution in [0.15, 0.2) is 48.5 Å². The molecule has 0 saturated carbocycles. The van der Waals surface area contributed by atoms with E-state index in [-0.39, 0.29) is 24.9 Å². The smallest absolute Gasteiger partial charge is 0.326 e. The molecule has 0 atom stereocenters. The van der Waals surface area contributed by atoms with Gasteiger partial charge in [-0.15, -0.1) is 11.6 Å². The summed E-state index contributed by atoms with van der Waals surface area (Å²) in [6, 6.07) is 12.0. The molecule has 29 heavy (non-hydrogen) atoms. The molecule has 0 radical (unpaired) electrons. The highest BCUT2D eigenvalue weighted by atomic mass is 35.5. The first-order valence-corrected chi connectivity index (χ1v) is 9.62. The number of anilines is 2. The lowest BCUT2D eigenvalue weighted by atomic mass is 9.95. The number of carbonyl (C=O) groups excluding carboxylic acids is 2. The number of amides is 3. The van der Waals surface area contributed by atoms with Crippen molar-refractivity contribution in [1.82, 2.24) is 5.32 Å². The summed E-state index contributed by atoms with van der Waals surface area (Å²) in [5.74, 6) is 0.241. The monoisotopic (exact) mass is 421 g/mol. The van der Waals surface area contributed by atoms with Crippen molar-refractivity contribution >= 4 is 34.9 Å². The van der Waals surface area contributed by atoms with Crippen LogP contribution in [0.4, 0.5) is 20.6 Å². The Morgan fingerprint density at radius 3 is 2.28 bits per heavy atom. The van der Waals surface area contributed by atoms with Crippen molar-refractivity contribution in [3.8, 4) is 5.75 Å². The molecule has 0 saturated heterocycles. The van der Waals surface area contributed by atoms with Gasteiger partial charge in [0, 0.05) is 30.3 Å². The first-order valence-electron chi connectivity index (χ1n) is 9.09. The normalized spacial score (nSPS) is 10.9. The summed E-state index contributed by atoms with van der Waals surface area (Å²) in [6.07, 6.45) is 0. The second kappa shape index (κ2) is 10.1. The maximum Gasteiger partial charge on any atom is 0.326 e. The number of rotatable bonds is 8. The Balaban J connectivity index is 2.10. The number of hydrogen-bond donors (Lipinski definition) is 2. The van der Waals surface area contributed by atoms with Gasteiger partial charge in [-0.3, -0.25) is 9.69 Å². The van der Waals surface area contributed by atoms with Gasteiger partial charge in [-0.1, -0.05) is 0 Å². The molecule has 0 aliphatic heterocycles. The van der Waals surface area contributed by atoms with Gasteiger partial charge in [0.1, 0.15) is 11.6 Å². The molecule has 0 fully saturated rings. The molecule has 2 rings (SSSR count). The fourth-order valence-electron chi connectivity index (χ4n) is 2.42. The summed E-state index contributed by atoms with van der Waals surface area (Å²) in [7, 11) is 1.56. The molecule has 2 N–H and O–H groups in total. The molecule has 0 heterocycles. The van der Waals surface area contributed by atoms with Crippen LogP contribution in [-0.2, 0) is 4.79 Å². The van der Waals surface area contributed by atoms with E-state index in [0.717, 1.165) is 0 Å². The first-order chi connectivity index (χ1) is 13.8. The fourth-order valence-corrected chi connectivity index (χ4v) is 2.54. The van der Waals surface area contributed by atoms with E-state index in [1.807, 2.05) is 0 Å². The summed E-state index contributed by atoms with van der Waals surface area (Å²) in [5, 5.41) is 5.57. The highest BCUT2D eigenvalue weighted by Crippen LogP contribution is 2.20. The Bertz CT molecular complexity index is 826. The summed E-state index contributed by atoms with van der Waals surface area (Å²) >= 11 is 5.82. The minimum absolute atomic E-state index is 0.179. The van der Waals surface area contributed by atoms with Gasteiger partial charge in [0.15, 0.2) is 0 Å². The number of nitrogens with zero attached hydrogens (tertiary/aromatic N) is 1. The van der Waals surface area contributed by atoms with E-state index < -0.39 is 17.3 Å². The van der Waals surface area contributed by atoms with Crippen LogP contribution in [0.2, 0.25) is 0 Å². The number of urea groups is 1. The van der Waals surface area contributed by atoms with Crippen LogP contribution in [0.25, 0.3) is 0 Å². The Kier molecular flexibility index (Phi) is 7.84. The SMILES string of the molecule is COc1ccc(NC(=O)N(CCNC(=O)C(C)(C)CCl)c2ccc(F)cc2)cc1. The number of methoxy groups -OCH3 is 1. The van der Waals surface area contributed by atoms with Crippen LogP contribution >= 0.6 is 11.6 Å². The van der Waals surface area contributed by atoms with Crippen molar-refractivity contribution in [2.24, 2.45) is 5.41 Å². The molecular weight excluding hydrogens is 397 g/mol. The Morgan fingerprint density at radius 1 is 1.10 bits per heavy atom. The van der Waals surface area contributed by atoms with E-state index >= 15 is 0 Å². The standard InChI is InChI=1S/C21H25ClFN3O3/c1-21(2,14-22)19(27)24-12-13-26(17-8-4-15(23)5-9-17)20(28)25-16-6-10-18(29-3)11-7-16/h4-11H,12-14H2,1-3H3,(H,24,27)(H,25,28). The van der Waals surface area contributed by atoms with Crippen molar-refractivity contribution in [2.75, 3.05) is 36.3 Å². The number of carbonyl (C=O) groups is 2. The van der Waals surface area contributed by atoms with Crippen LogP contribution < -0.4 is 20.3 Å². The van der Waals surface area contributed by atoms with Crippen LogP contribution in [0, 0.1) is 11.2 Å². The predicted molar refractivity (Wildman–Crippen MR) is 113 cm³/mol. The molecule has 0 bridgehead atoms. The Hall–Kier alpha value is -2.80. The average molecular weight is 422 g/mol. The summed E-state index contributed by atoms with van der Waals surface area (Å²) < 4.78 is 18.4. The second-order valence-electron chi connectivity index (χ2n) is 7.06. The molecule has 2 aromatic rings. The molecule has 0 aliphatic rings. The van der Waals surface area contributed by atoms with Crippen molar-refractivity contribution in [2.45, 2.75) is 13.8 Å². The van der Waals surface area contributed by atoms with Crippen LogP contribution in [-0.4, -0.2) is 38.0 Å². The molecule has 3 amide bonds. The van der Waals surface area contributed by atoms with E-state index in [0.29, 0.717) is 17.1 Å². The third-order valence-electron chi connectivity index (χ3n) is 4.29. The number of alkyl halides is 1. The van der Waals surface area contributed by atoms with E-state index in [1.165, 1.54) is 29.2 Å². The zero-order valence-corrected chi connectivity index (χ0v) is 17.4. The van der Waals surface area contributed by atoms with E-state index in [1.54, 1.807) is 45.2 Å². The van der Waals surface area contributed by atoms with Gasteiger partial charge in [-0.2, -0.15) is 0 Å². The van der Waals surface area contributed by atoms with E-state index in [2.05, 4.69) is 10.6 Å². The molecule has 0 aromatic heterocycles. The summed E-state index contributed by atoms with van der Waals surface area (Å²) in [5.41, 5.74) is 0.367. The third-order valence-corrected chi connectivity index (χ3v) is 4.96. The molecule has 8 heteroatoms. The summed E-state index contributed by atoms with van der Waals surface area (Å²) in [4.78, 5) is 26.5. The van der Waals surface area contributed by atoms with Crippen molar-refractivity contribution in [1.29, 1.82) is 0 Å². The van der Waals surface area contributed by atoms with Crippen molar-refractivity contribution in [3.63, 3.8) is 0 Å². The Morgan fingerprint density at radius 2 is 1.72 bits per heavy atom. The number of hydrogen-bond acceptors (Lipinski definition) is 3. The molecule has 2 aromatic carbocycles. The second-order valence-corrected chi connectivity index (χ2v) is 7.33. The zero-order valence-electron chi connectivity index (χ0n) is 16.7. The minimum atomic E-state index is -0.715. The molecule has 156 valence electrons. The topological polar surface area (TPSA) is 70.7 Å². The van der Waals surface area contributed by atoms with Crippen LogP contribution in [0.3, 0.4) is 0 Å². The van der Waals surface area contributed by atoms with Gasteiger partial charge in [-0.25, -0.2) is 9.18 Å². The Labute approximate surface area is 175 Å². The number of benzene rings is 2. The van der Waals surface area contributed by atoms with Crippen molar-refractivity contribution in [3.05, 3.63) is 54.3 Å². The number of nitrogens with one attached hydrogen (secondary N) is 2. The van der Waals surface area contributed by atoms with Crippen molar-refractivity contribution < 1.29 is 18.7 Å². The minimum Gasteiger partial charge on any atom is -0.497 e. The highest BCUT2D eigenvalue weighted by molar-refractivity contribution is 6.19. The molecule has 0 unspecified atom stereocenters. The molecular formula is C21H25ClFN3O3. The largest absolute Gasteiger partial charge is 0.497 e. The maximum atomic E-state index is 13.3. The molecule has 0 spiro atoms. The van der Waals surface area contributed by atoms with Crippen LogP contribution in [0.1, 0.15) is 13.8 Å². The lowest BCUT2D eigenvalue weighted by Crippen LogP contribution is -2.44. The third kappa shape index (κ3) is 6.35. The lowest BCUT2D eigenvalue weighted by Gasteiger charge is -2.25. The lowest BCUT2D eigenvalue weighted by molar-refractivity contribution is -0.128. The van der Waals surface area contributed by atoms with E-state index in [9.17, 15) is 14.0 Å². The zero-order chi connectivity index (χ0) is 21.4. The molecule has 6 nitrogen and oxygen atoms in total. The summed E-state index contributed by atoms with van der Waals surface area (Å²) in [6.45, 7) is 3.89. The van der Waals surface area contributed by atoms with Gasteiger partial charge in [0.25, 0.3) is 0 Å². The number of ether oxygens (including phenoxy) is 1. The highest BCUT2D eigenvalue weighted by Gasteiger charge is 2.26. The van der Waals surface area contributed by atoms with Gasteiger partial charge >= 0.3 is 6.03 Å². The quantitative estimate of drug-likeness (QED) is 0.626. The van der Waals surface area contributed by atoms with Gasteiger partial charge in [0.2, 0.25) is 5.91 Å². The first kappa shape index (κ1) is 22.5. The van der Waals surface area contributed by atoms with E-state index in [4.69, 9.17) is 16.3 Å².